The SMILES string of the molecule is CC(=O)O[C@@H]1CCC(=O)[C@@H]2CCCC[C@@H]12. The number of carbonyl (C=O) groups excluding carboxylic acids is 2. The molecule has 0 radical (unpaired) electrons. The Hall–Kier alpha value is -0.860. The number of fused-ring (bicyclic) bond motifs is 1. The molecule has 3 nitrogen and oxygen atoms in total. The van der Waals surface area contributed by atoms with E-state index in [4.69, 9.17) is 4.74 Å². The van der Waals surface area contributed by atoms with E-state index in [2.05, 4.69) is 0 Å². The normalized spacial score (nSPS) is 35.8. The lowest BCUT2D eigenvalue weighted by Gasteiger charge is -2.39. The third kappa shape index (κ3) is 2.21. The number of Topliss-reactive ketones (excluding diaryl/α,β-unsaturated/α-hetero) is 1. The summed E-state index contributed by atoms with van der Waals surface area (Å²) in [6.45, 7) is 1.45. The topological polar surface area (TPSA) is 43.4 Å². The standard InChI is InChI=1S/C12H18O3/c1-8(13)15-12-7-6-11(14)9-4-2-3-5-10(9)12/h9-10,12H,2-7H2,1H3/t9-,10-,12-/m1/s1. The highest BCUT2D eigenvalue weighted by Gasteiger charge is 2.41. The van der Waals surface area contributed by atoms with E-state index in [0.29, 0.717) is 18.1 Å². The first kappa shape index (κ1) is 10.7. The van der Waals surface area contributed by atoms with E-state index in [-0.39, 0.29) is 18.0 Å². The van der Waals surface area contributed by atoms with Gasteiger partial charge in [-0.05, 0) is 19.3 Å². The van der Waals surface area contributed by atoms with Crippen LogP contribution >= 0.6 is 0 Å². The predicted octanol–water partition coefficient (Wildman–Crippen LogP) is 2.09. The molecule has 0 aromatic rings. The van der Waals surface area contributed by atoms with Crippen molar-refractivity contribution in [2.45, 2.75) is 51.6 Å². The smallest absolute Gasteiger partial charge is 0.302 e. The molecule has 2 rings (SSSR count). The van der Waals surface area contributed by atoms with Gasteiger partial charge in [0.15, 0.2) is 0 Å². The van der Waals surface area contributed by atoms with Crippen molar-refractivity contribution in [3.8, 4) is 0 Å². The Morgan fingerprint density at radius 3 is 2.73 bits per heavy atom. The van der Waals surface area contributed by atoms with Gasteiger partial charge in [0.05, 0.1) is 0 Å². The van der Waals surface area contributed by atoms with Crippen molar-refractivity contribution in [1.82, 2.24) is 0 Å². The number of carbonyl (C=O) groups is 2. The highest BCUT2D eigenvalue weighted by Crippen LogP contribution is 2.39. The number of esters is 1. The van der Waals surface area contributed by atoms with Crippen molar-refractivity contribution in [2.75, 3.05) is 0 Å². The van der Waals surface area contributed by atoms with Crippen LogP contribution in [-0.2, 0) is 14.3 Å². The van der Waals surface area contributed by atoms with Crippen LogP contribution in [-0.4, -0.2) is 17.9 Å². The molecule has 0 N–H and O–H groups in total. The van der Waals surface area contributed by atoms with E-state index in [0.717, 1.165) is 25.7 Å². The molecule has 0 unspecified atom stereocenters. The Labute approximate surface area is 90.2 Å². The largest absolute Gasteiger partial charge is 0.462 e. The van der Waals surface area contributed by atoms with Gasteiger partial charge < -0.3 is 4.74 Å². The molecule has 84 valence electrons. The minimum Gasteiger partial charge on any atom is -0.462 e. The van der Waals surface area contributed by atoms with Gasteiger partial charge in [-0.25, -0.2) is 0 Å². The monoisotopic (exact) mass is 210 g/mol. The Kier molecular flexibility index (Phi) is 3.08. The van der Waals surface area contributed by atoms with Crippen molar-refractivity contribution in [3.05, 3.63) is 0 Å². The molecule has 2 aliphatic carbocycles. The molecule has 0 aromatic carbocycles. The van der Waals surface area contributed by atoms with Gasteiger partial charge in [0.25, 0.3) is 0 Å². The van der Waals surface area contributed by atoms with Crippen LogP contribution in [0.2, 0.25) is 0 Å². The summed E-state index contributed by atoms with van der Waals surface area (Å²) in [4.78, 5) is 22.7. The maximum absolute atomic E-state index is 11.7. The number of hydrogen-bond donors (Lipinski definition) is 0. The van der Waals surface area contributed by atoms with Gasteiger partial charge in [0.1, 0.15) is 11.9 Å². The fourth-order valence-corrected chi connectivity index (χ4v) is 3.05. The van der Waals surface area contributed by atoms with E-state index in [1.54, 1.807) is 0 Å². The van der Waals surface area contributed by atoms with Crippen LogP contribution in [0.3, 0.4) is 0 Å². The average Bonchev–Trinajstić information content (AvgIpc) is 2.22. The van der Waals surface area contributed by atoms with Crippen LogP contribution in [0.4, 0.5) is 0 Å². The highest BCUT2D eigenvalue weighted by atomic mass is 16.5. The lowest BCUT2D eigenvalue weighted by atomic mass is 9.69. The summed E-state index contributed by atoms with van der Waals surface area (Å²) in [5.41, 5.74) is 0. The van der Waals surface area contributed by atoms with Crippen molar-refractivity contribution in [2.24, 2.45) is 11.8 Å². The maximum Gasteiger partial charge on any atom is 0.302 e. The van der Waals surface area contributed by atoms with Gasteiger partial charge in [0.2, 0.25) is 0 Å². The van der Waals surface area contributed by atoms with E-state index in [1.807, 2.05) is 0 Å². The molecule has 3 heteroatoms. The fraction of sp³-hybridized carbons (Fsp3) is 0.833. The van der Waals surface area contributed by atoms with Gasteiger partial charge in [-0.15, -0.1) is 0 Å². The van der Waals surface area contributed by atoms with Gasteiger partial charge in [-0.2, -0.15) is 0 Å². The number of ketones is 1. The van der Waals surface area contributed by atoms with Gasteiger partial charge >= 0.3 is 5.97 Å². The zero-order chi connectivity index (χ0) is 10.8. The number of rotatable bonds is 1. The van der Waals surface area contributed by atoms with Crippen LogP contribution in [0.25, 0.3) is 0 Å². The minimum absolute atomic E-state index is 0.00509. The Bertz CT molecular complexity index is 272. The molecule has 0 aromatic heterocycles. The van der Waals surface area contributed by atoms with Crippen LogP contribution in [0.1, 0.15) is 45.4 Å². The molecule has 0 amide bonds. The summed E-state index contributed by atoms with van der Waals surface area (Å²) in [7, 11) is 0. The molecule has 3 atom stereocenters. The quantitative estimate of drug-likeness (QED) is 0.622. The second-order valence-electron chi connectivity index (χ2n) is 4.71. The van der Waals surface area contributed by atoms with E-state index in [9.17, 15) is 9.59 Å². The molecule has 2 saturated carbocycles. The van der Waals surface area contributed by atoms with Crippen LogP contribution < -0.4 is 0 Å². The number of ether oxygens (including phenoxy) is 1. The molecule has 0 spiro atoms. The van der Waals surface area contributed by atoms with Crippen molar-refractivity contribution < 1.29 is 14.3 Å². The summed E-state index contributed by atoms with van der Waals surface area (Å²) >= 11 is 0. The molecule has 0 aliphatic heterocycles. The molecule has 15 heavy (non-hydrogen) atoms. The van der Waals surface area contributed by atoms with Crippen LogP contribution in [0, 0.1) is 11.8 Å². The first-order valence-electron chi connectivity index (χ1n) is 5.88. The Morgan fingerprint density at radius 1 is 1.27 bits per heavy atom. The lowest BCUT2D eigenvalue weighted by Crippen LogP contribution is -2.42. The van der Waals surface area contributed by atoms with Gasteiger partial charge in [-0.1, -0.05) is 12.8 Å². The van der Waals surface area contributed by atoms with Gasteiger partial charge in [0, 0.05) is 25.2 Å². The van der Waals surface area contributed by atoms with E-state index < -0.39 is 0 Å². The molecule has 2 aliphatic rings. The summed E-state index contributed by atoms with van der Waals surface area (Å²) in [6.07, 6.45) is 5.71. The zero-order valence-corrected chi connectivity index (χ0v) is 9.20. The third-order valence-corrected chi connectivity index (χ3v) is 3.70. The Morgan fingerprint density at radius 2 is 2.00 bits per heavy atom. The van der Waals surface area contributed by atoms with Crippen LogP contribution in [0.15, 0.2) is 0 Å². The molecular weight excluding hydrogens is 192 g/mol. The lowest BCUT2D eigenvalue weighted by molar-refractivity contribution is -0.157. The second kappa shape index (κ2) is 4.33. The molecular formula is C12H18O3. The third-order valence-electron chi connectivity index (χ3n) is 3.70. The Balaban J connectivity index is 2.06. The second-order valence-corrected chi connectivity index (χ2v) is 4.71. The van der Waals surface area contributed by atoms with Crippen molar-refractivity contribution in [3.63, 3.8) is 0 Å². The molecule has 0 saturated heterocycles. The average molecular weight is 210 g/mol. The number of hydrogen-bond acceptors (Lipinski definition) is 3. The van der Waals surface area contributed by atoms with Crippen LogP contribution in [0.5, 0.6) is 0 Å². The molecule has 2 fully saturated rings. The van der Waals surface area contributed by atoms with E-state index in [1.165, 1.54) is 13.3 Å². The zero-order valence-electron chi connectivity index (χ0n) is 9.20. The minimum atomic E-state index is -0.210. The summed E-state index contributed by atoms with van der Waals surface area (Å²) in [5.74, 6) is 0.669. The first-order chi connectivity index (χ1) is 7.18. The van der Waals surface area contributed by atoms with Gasteiger partial charge in [-0.3, -0.25) is 9.59 Å². The molecule has 0 bridgehead atoms. The summed E-state index contributed by atoms with van der Waals surface area (Å²) in [5, 5.41) is 0. The fourth-order valence-electron chi connectivity index (χ4n) is 3.05. The predicted molar refractivity (Wildman–Crippen MR) is 55.2 cm³/mol. The highest BCUT2D eigenvalue weighted by molar-refractivity contribution is 5.82. The molecule has 0 heterocycles. The van der Waals surface area contributed by atoms with E-state index >= 15 is 0 Å². The summed E-state index contributed by atoms with van der Waals surface area (Å²) in [6, 6.07) is 0. The van der Waals surface area contributed by atoms with Crippen molar-refractivity contribution >= 4 is 11.8 Å². The first-order valence-corrected chi connectivity index (χ1v) is 5.88. The maximum atomic E-state index is 11.7. The van der Waals surface area contributed by atoms with Crippen molar-refractivity contribution in [1.29, 1.82) is 0 Å². The summed E-state index contributed by atoms with van der Waals surface area (Å²) < 4.78 is 5.32.